The molecule has 1 heterocycles. The zero-order valence-electron chi connectivity index (χ0n) is 9.32. The van der Waals surface area contributed by atoms with E-state index in [0.29, 0.717) is 5.56 Å². The molecule has 0 unspecified atom stereocenters. The molecular weight excluding hydrogens is 222 g/mol. The van der Waals surface area contributed by atoms with Crippen molar-refractivity contribution in [2.45, 2.75) is 13.0 Å². The Morgan fingerprint density at radius 2 is 2.00 bits per heavy atom. The Labute approximate surface area is 98.1 Å². The molecule has 2 rings (SSSR count). The molecule has 0 fully saturated rings. The third-order valence-corrected chi connectivity index (χ3v) is 2.51. The van der Waals surface area contributed by atoms with E-state index in [9.17, 15) is 8.78 Å². The molecule has 0 saturated carbocycles. The monoisotopic (exact) mass is 234 g/mol. The van der Waals surface area contributed by atoms with E-state index >= 15 is 0 Å². The fourth-order valence-electron chi connectivity index (χ4n) is 1.73. The van der Waals surface area contributed by atoms with Crippen LogP contribution in [0.25, 0.3) is 0 Å². The van der Waals surface area contributed by atoms with Gasteiger partial charge in [0.05, 0.1) is 11.7 Å². The number of halogens is 2. The van der Waals surface area contributed by atoms with Gasteiger partial charge in [-0.25, -0.2) is 8.78 Å². The first-order chi connectivity index (χ1) is 8.08. The van der Waals surface area contributed by atoms with Crippen molar-refractivity contribution >= 4 is 0 Å². The summed E-state index contributed by atoms with van der Waals surface area (Å²) in [5, 5.41) is 0. The van der Waals surface area contributed by atoms with Crippen LogP contribution in [-0.2, 0) is 0 Å². The Morgan fingerprint density at radius 1 is 1.24 bits per heavy atom. The molecule has 4 heteroatoms. The lowest BCUT2D eigenvalue weighted by Crippen LogP contribution is -2.15. The fraction of sp³-hybridized carbons (Fsp3) is 0.154. The van der Waals surface area contributed by atoms with Gasteiger partial charge in [-0.15, -0.1) is 0 Å². The largest absolute Gasteiger partial charge is 0.319 e. The second kappa shape index (κ2) is 4.59. The summed E-state index contributed by atoms with van der Waals surface area (Å²) >= 11 is 0. The van der Waals surface area contributed by atoms with Gasteiger partial charge in [-0.2, -0.15) is 0 Å². The van der Waals surface area contributed by atoms with E-state index in [1.54, 1.807) is 13.0 Å². The van der Waals surface area contributed by atoms with Crippen LogP contribution in [0.15, 0.2) is 36.5 Å². The Balaban J connectivity index is 2.43. The Hall–Kier alpha value is -1.81. The number of nitrogens with two attached hydrogens (primary N) is 1. The minimum Gasteiger partial charge on any atom is -0.319 e. The Kier molecular flexibility index (Phi) is 3.15. The average molecular weight is 234 g/mol. The molecule has 1 aromatic heterocycles. The topological polar surface area (TPSA) is 38.9 Å². The molecule has 0 saturated heterocycles. The van der Waals surface area contributed by atoms with Crippen molar-refractivity contribution in [3.8, 4) is 0 Å². The van der Waals surface area contributed by atoms with E-state index < -0.39 is 11.9 Å². The highest BCUT2D eigenvalue weighted by Crippen LogP contribution is 2.21. The highest BCUT2D eigenvalue weighted by atomic mass is 19.1. The molecule has 0 aliphatic carbocycles. The van der Waals surface area contributed by atoms with Crippen molar-refractivity contribution in [3.05, 3.63) is 65.0 Å². The number of nitrogens with zero attached hydrogens (tertiary/aromatic N) is 1. The molecule has 0 spiro atoms. The molecule has 2 nitrogen and oxygen atoms in total. The quantitative estimate of drug-likeness (QED) is 0.867. The minimum absolute atomic E-state index is 0.123. The summed E-state index contributed by atoms with van der Waals surface area (Å²) in [7, 11) is 0. The summed E-state index contributed by atoms with van der Waals surface area (Å²) in [6, 6.07) is 6.43. The number of rotatable bonds is 2. The van der Waals surface area contributed by atoms with E-state index in [-0.39, 0.29) is 11.5 Å². The first-order valence-electron chi connectivity index (χ1n) is 5.21. The maximum atomic E-state index is 13.5. The van der Waals surface area contributed by atoms with Crippen LogP contribution in [0.5, 0.6) is 0 Å². The number of benzene rings is 1. The Morgan fingerprint density at radius 3 is 2.65 bits per heavy atom. The third kappa shape index (κ3) is 2.47. The van der Waals surface area contributed by atoms with Gasteiger partial charge in [-0.05, 0) is 42.3 Å². The maximum Gasteiger partial charge on any atom is 0.146 e. The van der Waals surface area contributed by atoms with Crippen molar-refractivity contribution in [3.63, 3.8) is 0 Å². The van der Waals surface area contributed by atoms with Gasteiger partial charge in [0.25, 0.3) is 0 Å². The van der Waals surface area contributed by atoms with Crippen molar-refractivity contribution in [2.75, 3.05) is 0 Å². The van der Waals surface area contributed by atoms with Crippen LogP contribution in [-0.4, -0.2) is 4.98 Å². The van der Waals surface area contributed by atoms with Gasteiger partial charge in [-0.1, -0.05) is 6.07 Å². The van der Waals surface area contributed by atoms with Crippen LogP contribution in [0.4, 0.5) is 8.78 Å². The fourth-order valence-corrected chi connectivity index (χ4v) is 1.73. The first kappa shape index (κ1) is 11.7. The lowest BCUT2D eigenvalue weighted by atomic mass is 10.0. The molecule has 0 aliphatic heterocycles. The van der Waals surface area contributed by atoms with Crippen LogP contribution < -0.4 is 5.73 Å². The van der Waals surface area contributed by atoms with Crippen LogP contribution in [0.1, 0.15) is 22.9 Å². The summed E-state index contributed by atoms with van der Waals surface area (Å²) in [6.45, 7) is 1.76. The predicted octanol–water partition coefficient (Wildman–Crippen LogP) is 2.72. The summed E-state index contributed by atoms with van der Waals surface area (Å²) in [5.41, 5.74) is 7.26. The van der Waals surface area contributed by atoms with Gasteiger partial charge in [0, 0.05) is 6.20 Å². The summed E-state index contributed by atoms with van der Waals surface area (Å²) in [5.74, 6) is -0.867. The SMILES string of the molecule is Cc1cc(F)cc([C@H](N)c2ncccc2F)c1. The van der Waals surface area contributed by atoms with Gasteiger partial charge in [0.2, 0.25) is 0 Å². The Bertz CT molecular complexity index is 520. The lowest BCUT2D eigenvalue weighted by Gasteiger charge is -2.13. The first-order valence-corrected chi connectivity index (χ1v) is 5.21. The number of aryl methyl sites for hydroxylation is 1. The molecular formula is C13H12F2N2. The van der Waals surface area contributed by atoms with Crippen LogP contribution in [0.2, 0.25) is 0 Å². The molecule has 0 aliphatic rings. The van der Waals surface area contributed by atoms with Crippen molar-refractivity contribution in [1.82, 2.24) is 4.98 Å². The van der Waals surface area contributed by atoms with E-state index in [1.165, 1.54) is 30.5 Å². The van der Waals surface area contributed by atoms with Gasteiger partial charge in [-0.3, -0.25) is 4.98 Å². The zero-order valence-corrected chi connectivity index (χ0v) is 9.32. The minimum atomic E-state index is -0.759. The molecule has 17 heavy (non-hydrogen) atoms. The highest BCUT2D eigenvalue weighted by Gasteiger charge is 2.15. The molecule has 2 aromatic rings. The number of pyridine rings is 1. The molecule has 0 radical (unpaired) electrons. The standard InChI is InChI=1S/C13H12F2N2/c1-8-5-9(7-10(14)6-8)12(16)13-11(15)3-2-4-17-13/h2-7,12H,16H2,1H3/t12-/m0/s1. The summed E-state index contributed by atoms with van der Waals surface area (Å²) in [4.78, 5) is 3.89. The van der Waals surface area contributed by atoms with E-state index in [0.717, 1.165) is 5.56 Å². The van der Waals surface area contributed by atoms with Crippen molar-refractivity contribution < 1.29 is 8.78 Å². The lowest BCUT2D eigenvalue weighted by molar-refractivity contribution is 0.583. The normalized spacial score (nSPS) is 12.5. The molecule has 2 N–H and O–H groups in total. The average Bonchev–Trinajstić information content (AvgIpc) is 2.27. The van der Waals surface area contributed by atoms with E-state index in [1.807, 2.05) is 0 Å². The van der Waals surface area contributed by atoms with Crippen LogP contribution >= 0.6 is 0 Å². The maximum absolute atomic E-state index is 13.5. The van der Waals surface area contributed by atoms with Gasteiger partial charge in [0.15, 0.2) is 0 Å². The van der Waals surface area contributed by atoms with Gasteiger partial charge >= 0.3 is 0 Å². The smallest absolute Gasteiger partial charge is 0.146 e. The third-order valence-electron chi connectivity index (χ3n) is 2.51. The second-order valence-corrected chi connectivity index (χ2v) is 3.91. The highest BCUT2D eigenvalue weighted by molar-refractivity contribution is 5.31. The number of hydrogen-bond donors (Lipinski definition) is 1. The molecule has 0 bridgehead atoms. The summed E-state index contributed by atoms with van der Waals surface area (Å²) in [6.07, 6.45) is 1.46. The van der Waals surface area contributed by atoms with Crippen LogP contribution in [0, 0.1) is 18.6 Å². The molecule has 1 atom stereocenters. The number of aromatic nitrogens is 1. The molecule has 1 aromatic carbocycles. The summed E-state index contributed by atoms with van der Waals surface area (Å²) < 4.78 is 26.7. The number of hydrogen-bond acceptors (Lipinski definition) is 2. The van der Waals surface area contributed by atoms with Gasteiger partial charge in [0.1, 0.15) is 11.6 Å². The van der Waals surface area contributed by atoms with E-state index in [2.05, 4.69) is 4.98 Å². The van der Waals surface area contributed by atoms with Gasteiger partial charge < -0.3 is 5.73 Å². The van der Waals surface area contributed by atoms with Crippen molar-refractivity contribution in [1.29, 1.82) is 0 Å². The predicted molar refractivity (Wildman–Crippen MR) is 61.4 cm³/mol. The second-order valence-electron chi connectivity index (χ2n) is 3.91. The molecule has 88 valence electrons. The molecule has 0 amide bonds. The van der Waals surface area contributed by atoms with Crippen LogP contribution in [0.3, 0.4) is 0 Å². The van der Waals surface area contributed by atoms with Crippen molar-refractivity contribution in [2.24, 2.45) is 5.73 Å². The van der Waals surface area contributed by atoms with E-state index in [4.69, 9.17) is 5.73 Å². The zero-order chi connectivity index (χ0) is 12.4.